The molecule has 0 radical (unpaired) electrons. The molecule has 4 saturated heterocycles. The van der Waals surface area contributed by atoms with Gasteiger partial charge in [-0.2, -0.15) is 0 Å². The summed E-state index contributed by atoms with van der Waals surface area (Å²) in [5.41, 5.74) is 9.91. The van der Waals surface area contributed by atoms with E-state index in [-0.39, 0.29) is 6.04 Å². The second-order valence-corrected chi connectivity index (χ2v) is 10.2. The number of nitrogens with zero attached hydrogens (tertiary/aromatic N) is 2. The van der Waals surface area contributed by atoms with Crippen LogP contribution in [0.25, 0.3) is 0 Å². The van der Waals surface area contributed by atoms with Crippen LogP contribution in [0.2, 0.25) is 0 Å². The number of amides is 1. The predicted octanol–water partition coefficient (Wildman–Crippen LogP) is 2.11. The van der Waals surface area contributed by atoms with E-state index < -0.39 is 0 Å². The smallest absolute Gasteiger partial charge is 0.241 e. The van der Waals surface area contributed by atoms with E-state index in [1.807, 2.05) is 0 Å². The monoisotopic (exact) mass is 394 g/mol. The highest BCUT2D eigenvalue weighted by Crippen LogP contribution is 2.36. The number of rotatable bonds is 2. The van der Waals surface area contributed by atoms with E-state index in [1.165, 1.54) is 69.0 Å². The Morgan fingerprint density at radius 1 is 0.862 bits per heavy atom. The number of carbonyl (C=O) groups excluding carboxylic acids is 1. The van der Waals surface area contributed by atoms with Gasteiger partial charge in [-0.1, -0.05) is 37.1 Å². The molecular formula is C24H34N4O. The fourth-order valence-corrected chi connectivity index (χ4v) is 6.95. The summed E-state index contributed by atoms with van der Waals surface area (Å²) in [4.78, 5) is 18.6. The standard InChI is InChI=1S/C24H34N4O/c29-24(23-21-7-3-4-8-22(21)25-26-23)28-14-16-9-10-19(28)15-27(13-16)20-11-17-5-1-2-6-18(17)12-20/h1-2,5-6,16,19-23,25-26H,3-4,7-15H2/t16-,19+,21?,22?,23?/m0/s1. The molecule has 2 aliphatic carbocycles. The highest BCUT2D eigenvalue weighted by atomic mass is 16.2. The molecule has 156 valence electrons. The maximum Gasteiger partial charge on any atom is 0.241 e. The van der Waals surface area contributed by atoms with Gasteiger partial charge in [0.2, 0.25) is 5.91 Å². The first-order valence-electron chi connectivity index (χ1n) is 11.9. The van der Waals surface area contributed by atoms with Crippen LogP contribution in [0, 0.1) is 11.8 Å². The number of nitrogens with one attached hydrogen (secondary N) is 2. The lowest BCUT2D eigenvalue weighted by Crippen LogP contribution is -2.55. The maximum atomic E-state index is 13.6. The number of hydrazine groups is 1. The third kappa shape index (κ3) is 3.22. The van der Waals surface area contributed by atoms with E-state index in [0.717, 1.165) is 13.1 Å². The largest absolute Gasteiger partial charge is 0.337 e. The van der Waals surface area contributed by atoms with Gasteiger partial charge in [0.1, 0.15) is 6.04 Å². The molecule has 6 aliphatic rings. The fourth-order valence-electron chi connectivity index (χ4n) is 6.95. The van der Waals surface area contributed by atoms with Gasteiger partial charge in [0.15, 0.2) is 0 Å². The van der Waals surface area contributed by atoms with Gasteiger partial charge in [0, 0.05) is 43.7 Å². The van der Waals surface area contributed by atoms with E-state index in [4.69, 9.17) is 0 Å². The normalized spacial score (nSPS) is 37.4. The van der Waals surface area contributed by atoms with Crippen molar-refractivity contribution in [2.75, 3.05) is 19.6 Å². The molecule has 1 saturated carbocycles. The molecular weight excluding hydrogens is 360 g/mol. The van der Waals surface area contributed by atoms with E-state index >= 15 is 0 Å². The minimum atomic E-state index is -0.0103. The molecule has 4 aliphatic heterocycles. The highest BCUT2D eigenvalue weighted by molar-refractivity contribution is 5.83. The van der Waals surface area contributed by atoms with Crippen LogP contribution in [0.5, 0.6) is 0 Å². The van der Waals surface area contributed by atoms with Crippen molar-refractivity contribution in [2.24, 2.45) is 11.8 Å². The van der Waals surface area contributed by atoms with Crippen molar-refractivity contribution in [3.05, 3.63) is 35.4 Å². The van der Waals surface area contributed by atoms with Gasteiger partial charge in [-0.3, -0.25) is 15.1 Å². The highest BCUT2D eigenvalue weighted by Gasteiger charge is 2.46. The summed E-state index contributed by atoms with van der Waals surface area (Å²) in [5.74, 6) is 1.49. The summed E-state index contributed by atoms with van der Waals surface area (Å²) in [7, 11) is 0. The van der Waals surface area contributed by atoms with Crippen molar-refractivity contribution < 1.29 is 4.79 Å². The van der Waals surface area contributed by atoms with E-state index in [0.29, 0.717) is 35.9 Å². The average Bonchev–Trinajstić information content (AvgIpc) is 3.27. The minimum absolute atomic E-state index is 0.0103. The molecule has 2 N–H and O–H groups in total. The molecule has 2 bridgehead atoms. The molecule has 29 heavy (non-hydrogen) atoms. The van der Waals surface area contributed by atoms with Crippen molar-refractivity contribution in [2.45, 2.75) is 75.5 Å². The van der Waals surface area contributed by atoms with Crippen molar-refractivity contribution in [1.29, 1.82) is 0 Å². The van der Waals surface area contributed by atoms with Crippen molar-refractivity contribution in [1.82, 2.24) is 20.7 Å². The lowest BCUT2D eigenvalue weighted by atomic mass is 9.81. The number of fused-ring (bicyclic) bond motifs is 6. The van der Waals surface area contributed by atoms with E-state index in [9.17, 15) is 4.79 Å². The first-order chi connectivity index (χ1) is 14.3. The third-order valence-electron chi connectivity index (χ3n) is 8.51. The molecule has 1 amide bonds. The second kappa shape index (κ2) is 7.36. The number of piperidine rings is 1. The van der Waals surface area contributed by atoms with Gasteiger partial charge in [-0.15, -0.1) is 0 Å². The molecule has 0 aromatic heterocycles. The lowest BCUT2D eigenvalue weighted by Gasteiger charge is -2.39. The Labute approximate surface area is 174 Å². The van der Waals surface area contributed by atoms with Crippen LogP contribution in [0.1, 0.15) is 49.7 Å². The predicted molar refractivity (Wildman–Crippen MR) is 113 cm³/mol. The van der Waals surface area contributed by atoms with Gasteiger partial charge in [0.05, 0.1) is 0 Å². The van der Waals surface area contributed by atoms with Crippen LogP contribution >= 0.6 is 0 Å². The number of benzene rings is 1. The summed E-state index contributed by atoms with van der Waals surface area (Å²) in [6, 6.07) is 10.5. The molecule has 4 heterocycles. The topological polar surface area (TPSA) is 47.6 Å². The van der Waals surface area contributed by atoms with Crippen molar-refractivity contribution in [3.8, 4) is 0 Å². The summed E-state index contributed by atoms with van der Waals surface area (Å²) in [5, 5.41) is 0. The minimum Gasteiger partial charge on any atom is -0.337 e. The lowest BCUT2D eigenvalue weighted by molar-refractivity contribution is -0.138. The Bertz CT molecular complexity index is 757. The third-order valence-corrected chi connectivity index (χ3v) is 8.51. The van der Waals surface area contributed by atoms with Crippen LogP contribution in [-0.4, -0.2) is 59.5 Å². The molecule has 5 atom stereocenters. The molecule has 5 heteroatoms. The zero-order valence-corrected chi connectivity index (χ0v) is 17.4. The van der Waals surface area contributed by atoms with Crippen LogP contribution in [-0.2, 0) is 17.6 Å². The molecule has 5 fully saturated rings. The quantitative estimate of drug-likeness (QED) is 0.807. The van der Waals surface area contributed by atoms with E-state index in [2.05, 4.69) is 44.9 Å². The first kappa shape index (κ1) is 18.3. The molecule has 1 aromatic carbocycles. The first-order valence-corrected chi connectivity index (χ1v) is 11.9. The van der Waals surface area contributed by atoms with Crippen LogP contribution in [0.4, 0.5) is 0 Å². The van der Waals surface area contributed by atoms with Gasteiger partial charge >= 0.3 is 0 Å². The Balaban J connectivity index is 1.17. The molecule has 1 aromatic rings. The summed E-state index contributed by atoms with van der Waals surface area (Å²) >= 11 is 0. The van der Waals surface area contributed by atoms with Crippen molar-refractivity contribution in [3.63, 3.8) is 0 Å². The molecule has 0 spiro atoms. The second-order valence-electron chi connectivity index (χ2n) is 10.2. The SMILES string of the molecule is O=C(C1NNC2CCCCC21)N1C[C@H]2CC[C@@H]1CN(C1Cc3ccccc3C1)C2. The number of hydrogen-bond donors (Lipinski definition) is 2. The Kier molecular flexibility index (Phi) is 4.66. The summed E-state index contributed by atoms with van der Waals surface area (Å²) in [6.45, 7) is 3.20. The van der Waals surface area contributed by atoms with Gasteiger partial charge < -0.3 is 4.90 Å². The summed E-state index contributed by atoms with van der Waals surface area (Å²) < 4.78 is 0. The van der Waals surface area contributed by atoms with E-state index in [1.54, 1.807) is 0 Å². The average molecular weight is 395 g/mol. The fraction of sp³-hybridized carbons (Fsp3) is 0.708. The number of carbonyl (C=O) groups is 1. The van der Waals surface area contributed by atoms with Gasteiger partial charge in [-0.25, -0.2) is 5.43 Å². The zero-order chi connectivity index (χ0) is 19.4. The maximum absolute atomic E-state index is 13.6. The van der Waals surface area contributed by atoms with Gasteiger partial charge in [-0.05, 0) is 55.6 Å². The summed E-state index contributed by atoms with van der Waals surface area (Å²) in [6.07, 6.45) is 9.80. The zero-order valence-electron chi connectivity index (χ0n) is 17.4. The Hall–Kier alpha value is -1.43. The number of hydrogen-bond acceptors (Lipinski definition) is 4. The van der Waals surface area contributed by atoms with Crippen LogP contribution in [0.3, 0.4) is 0 Å². The van der Waals surface area contributed by atoms with Crippen LogP contribution in [0.15, 0.2) is 24.3 Å². The Morgan fingerprint density at radius 3 is 2.48 bits per heavy atom. The van der Waals surface area contributed by atoms with Gasteiger partial charge in [0.25, 0.3) is 0 Å². The molecule has 3 unspecified atom stereocenters. The van der Waals surface area contributed by atoms with Crippen LogP contribution < -0.4 is 10.9 Å². The molecule has 7 rings (SSSR count). The van der Waals surface area contributed by atoms with Crippen molar-refractivity contribution >= 4 is 5.91 Å². The Morgan fingerprint density at radius 2 is 1.66 bits per heavy atom. The molecule has 5 nitrogen and oxygen atoms in total.